The SMILES string of the molecule is CC(=O)C1CC2(C=O)C=CC1O2.CC(=O)C1CC2(C=O)C=CC1O2. The lowest BCUT2D eigenvalue weighted by Gasteiger charge is -2.14. The van der Waals surface area contributed by atoms with Crippen LogP contribution in [0.2, 0.25) is 0 Å². The normalized spacial score (nSPS) is 43.4. The summed E-state index contributed by atoms with van der Waals surface area (Å²) in [5.41, 5.74) is -1.55. The zero-order chi connectivity index (χ0) is 17.5. The van der Waals surface area contributed by atoms with Crippen LogP contribution in [0.15, 0.2) is 24.3 Å². The fourth-order valence-electron chi connectivity index (χ4n) is 3.74. The van der Waals surface area contributed by atoms with E-state index in [0.29, 0.717) is 12.8 Å². The number of Topliss-reactive ketones (excluding diaryl/α,β-unsaturated/α-hetero) is 2. The molecule has 0 aromatic heterocycles. The van der Waals surface area contributed by atoms with Gasteiger partial charge in [0.15, 0.2) is 12.6 Å². The molecule has 6 unspecified atom stereocenters. The van der Waals surface area contributed by atoms with Gasteiger partial charge < -0.3 is 9.47 Å². The average Bonchev–Trinajstić information content (AvgIpc) is 3.33. The molecule has 0 aliphatic carbocycles. The van der Waals surface area contributed by atoms with Crippen LogP contribution >= 0.6 is 0 Å². The molecular formula is C18H20O6. The first-order chi connectivity index (χ1) is 11.3. The maximum absolute atomic E-state index is 11.1. The third-order valence-electron chi connectivity index (χ3n) is 5.16. The second-order valence-corrected chi connectivity index (χ2v) is 6.87. The average molecular weight is 332 g/mol. The molecule has 4 aliphatic rings. The molecule has 6 atom stereocenters. The van der Waals surface area contributed by atoms with E-state index in [4.69, 9.17) is 9.47 Å². The van der Waals surface area contributed by atoms with Crippen LogP contribution in [0.1, 0.15) is 26.7 Å². The summed E-state index contributed by atoms with van der Waals surface area (Å²) in [6, 6.07) is 0. The van der Waals surface area contributed by atoms with Gasteiger partial charge in [-0.3, -0.25) is 19.2 Å². The van der Waals surface area contributed by atoms with Crippen LogP contribution in [0.3, 0.4) is 0 Å². The Morgan fingerprint density at radius 2 is 1.25 bits per heavy atom. The van der Waals surface area contributed by atoms with E-state index in [1.54, 1.807) is 26.0 Å². The van der Waals surface area contributed by atoms with Crippen molar-refractivity contribution in [3.8, 4) is 0 Å². The van der Waals surface area contributed by atoms with Crippen LogP contribution in [0.4, 0.5) is 0 Å². The fraction of sp³-hybridized carbons (Fsp3) is 0.556. The quantitative estimate of drug-likeness (QED) is 0.563. The zero-order valence-corrected chi connectivity index (χ0v) is 13.6. The van der Waals surface area contributed by atoms with Gasteiger partial charge in [-0.15, -0.1) is 0 Å². The molecule has 6 nitrogen and oxygen atoms in total. The molecule has 128 valence electrons. The third-order valence-corrected chi connectivity index (χ3v) is 5.16. The van der Waals surface area contributed by atoms with Gasteiger partial charge in [0.1, 0.15) is 22.8 Å². The predicted molar refractivity (Wildman–Crippen MR) is 83.2 cm³/mol. The minimum absolute atomic E-state index is 0.105. The van der Waals surface area contributed by atoms with Crippen molar-refractivity contribution in [2.75, 3.05) is 0 Å². The molecule has 0 aromatic rings. The van der Waals surface area contributed by atoms with Gasteiger partial charge >= 0.3 is 0 Å². The minimum atomic E-state index is -0.777. The Morgan fingerprint density at radius 1 is 0.875 bits per heavy atom. The standard InChI is InChI=1S/2C9H10O3/c2*1-6(11)7-4-9(5-10)3-2-8(7)12-9/h2*2-3,5,7-8H,4H2,1H3. The molecule has 2 saturated heterocycles. The van der Waals surface area contributed by atoms with E-state index in [9.17, 15) is 19.2 Å². The number of hydrogen-bond acceptors (Lipinski definition) is 6. The zero-order valence-electron chi connectivity index (χ0n) is 13.6. The Kier molecular flexibility index (Phi) is 4.13. The second kappa shape index (κ2) is 5.86. The molecule has 2 fully saturated rings. The number of aldehydes is 2. The highest BCUT2D eigenvalue weighted by atomic mass is 16.5. The Hall–Kier alpha value is -1.92. The number of rotatable bonds is 4. The highest BCUT2D eigenvalue weighted by Crippen LogP contribution is 2.42. The van der Waals surface area contributed by atoms with Gasteiger partial charge in [0.05, 0.1) is 24.0 Å². The van der Waals surface area contributed by atoms with Crippen molar-refractivity contribution in [2.45, 2.75) is 50.1 Å². The number of hydrogen-bond donors (Lipinski definition) is 0. The van der Waals surface area contributed by atoms with E-state index < -0.39 is 11.2 Å². The molecule has 4 bridgehead atoms. The van der Waals surface area contributed by atoms with E-state index >= 15 is 0 Å². The fourth-order valence-corrected chi connectivity index (χ4v) is 3.74. The van der Waals surface area contributed by atoms with Crippen molar-refractivity contribution in [3.63, 3.8) is 0 Å². The third kappa shape index (κ3) is 2.70. The Bertz CT molecular complexity index is 594. The Balaban J connectivity index is 0.000000141. The molecule has 24 heavy (non-hydrogen) atoms. The van der Waals surface area contributed by atoms with Crippen molar-refractivity contribution >= 4 is 24.1 Å². The summed E-state index contributed by atoms with van der Waals surface area (Å²) in [6.07, 6.45) is 9.42. The lowest BCUT2D eigenvalue weighted by Crippen LogP contribution is -2.26. The summed E-state index contributed by atoms with van der Waals surface area (Å²) >= 11 is 0. The monoisotopic (exact) mass is 332 g/mol. The topological polar surface area (TPSA) is 86.7 Å². The molecule has 0 N–H and O–H groups in total. The molecule has 0 radical (unpaired) electrons. The van der Waals surface area contributed by atoms with Crippen molar-refractivity contribution in [1.82, 2.24) is 0 Å². The Morgan fingerprint density at radius 3 is 1.46 bits per heavy atom. The smallest absolute Gasteiger partial charge is 0.155 e. The molecule has 0 amide bonds. The van der Waals surface area contributed by atoms with Crippen LogP contribution in [-0.4, -0.2) is 47.5 Å². The summed E-state index contributed by atoms with van der Waals surface area (Å²) in [4.78, 5) is 43.5. The summed E-state index contributed by atoms with van der Waals surface area (Å²) in [7, 11) is 0. The molecule has 0 saturated carbocycles. The van der Waals surface area contributed by atoms with Gasteiger partial charge in [-0.25, -0.2) is 0 Å². The van der Waals surface area contributed by atoms with E-state index in [1.165, 1.54) is 0 Å². The number of ketones is 2. The summed E-state index contributed by atoms with van der Waals surface area (Å²) in [6.45, 7) is 3.09. The van der Waals surface area contributed by atoms with Crippen molar-refractivity contribution in [1.29, 1.82) is 0 Å². The largest absolute Gasteiger partial charge is 0.355 e. The molecule has 0 spiro atoms. The number of carbonyl (C=O) groups excluding carboxylic acids is 4. The molecule has 4 aliphatic heterocycles. The summed E-state index contributed by atoms with van der Waals surface area (Å²) in [5, 5.41) is 0. The van der Waals surface area contributed by atoms with Crippen LogP contribution in [0, 0.1) is 11.8 Å². The van der Waals surface area contributed by atoms with Gasteiger partial charge in [0.25, 0.3) is 0 Å². The van der Waals surface area contributed by atoms with Crippen molar-refractivity contribution in [2.24, 2.45) is 11.8 Å². The van der Waals surface area contributed by atoms with Crippen LogP contribution in [0.25, 0.3) is 0 Å². The minimum Gasteiger partial charge on any atom is -0.355 e. The number of fused-ring (bicyclic) bond motifs is 4. The Labute approximate surface area is 139 Å². The van der Waals surface area contributed by atoms with Gasteiger partial charge in [-0.1, -0.05) is 12.2 Å². The first-order valence-electron chi connectivity index (χ1n) is 8.01. The summed E-state index contributed by atoms with van der Waals surface area (Å²) < 4.78 is 10.8. The highest BCUT2D eigenvalue weighted by molar-refractivity contribution is 5.83. The van der Waals surface area contributed by atoms with Gasteiger partial charge in [-0.2, -0.15) is 0 Å². The lowest BCUT2D eigenvalue weighted by molar-refractivity contribution is -0.123. The van der Waals surface area contributed by atoms with E-state index in [2.05, 4.69) is 0 Å². The first kappa shape index (κ1) is 16.9. The molecular weight excluding hydrogens is 312 g/mol. The highest BCUT2D eigenvalue weighted by Gasteiger charge is 2.50. The van der Waals surface area contributed by atoms with Gasteiger partial charge in [-0.05, 0) is 38.8 Å². The second-order valence-electron chi connectivity index (χ2n) is 6.87. The van der Waals surface area contributed by atoms with Gasteiger partial charge in [0.2, 0.25) is 0 Å². The lowest BCUT2D eigenvalue weighted by atomic mass is 9.85. The van der Waals surface area contributed by atoms with Crippen molar-refractivity contribution in [3.05, 3.63) is 24.3 Å². The maximum atomic E-state index is 11.1. The van der Waals surface area contributed by atoms with Crippen molar-refractivity contribution < 1.29 is 28.7 Å². The maximum Gasteiger partial charge on any atom is 0.155 e. The molecule has 4 rings (SSSR count). The molecule has 6 heteroatoms. The number of carbonyl (C=O) groups is 4. The van der Waals surface area contributed by atoms with Crippen LogP contribution in [0.5, 0.6) is 0 Å². The van der Waals surface area contributed by atoms with Crippen LogP contribution in [-0.2, 0) is 28.7 Å². The molecule has 0 aromatic carbocycles. The van der Waals surface area contributed by atoms with Crippen LogP contribution < -0.4 is 0 Å². The van der Waals surface area contributed by atoms with E-state index in [-0.39, 0.29) is 35.6 Å². The summed E-state index contributed by atoms with van der Waals surface area (Å²) in [5.74, 6) is -0.0125. The predicted octanol–water partition coefficient (Wildman–Crippen LogP) is 0.976. The first-order valence-corrected chi connectivity index (χ1v) is 8.01. The van der Waals surface area contributed by atoms with E-state index in [1.807, 2.05) is 12.2 Å². The number of ether oxygens (including phenoxy) is 2. The van der Waals surface area contributed by atoms with E-state index in [0.717, 1.165) is 12.6 Å². The van der Waals surface area contributed by atoms with Gasteiger partial charge in [0, 0.05) is 0 Å². The molecule has 4 heterocycles.